The van der Waals surface area contributed by atoms with Crippen LogP contribution in [0, 0.1) is 0 Å². The van der Waals surface area contributed by atoms with Gasteiger partial charge in [-0.2, -0.15) is 0 Å². The summed E-state index contributed by atoms with van der Waals surface area (Å²) in [6.45, 7) is 5.59. The smallest absolute Gasteiger partial charge is 0.359 e. The predicted molar refractivity (Wildman–Crippen MR) is 101 cm³/mol. The zero-order valence-corrected chi connectivity index (χ0v) is 15.2. The number of nitrogens with zero attached hydrogens (tertiary/aromatic N) is 2. The van der Waals surface area contributed by atoms with Gasteiger partial charge in [-0.15, -0.1) is 17.9 Å². The zero-order valence-electron chi connectivity index (χ0n) is 14.4. The fourth-order valence-electron chi connectivity index (χ4n) is 2.77. The Bertz CT molecular complexity index is 769. The molecule has 1 aromatic heterocycles. The zero-order chi connectivity index (χ0) is 18.4. The maximum atomic E-state index is 12.9. The average molecular weight is 371 g/mol. The Balaban J connectivity index is 1.76. The molecule has 1 atom stereocenters. The summed E-state index contributed by atoms with van der Waals surface area (Å²) < 4.78 is 5.58. The highest BCUT2D eigenvalue weighted by Crippen LogP contribution is 2.25. The fourth-order valence-corrected chi connectivity index (χ4v) is 3.46. The Labute approximate surface area is 156 Å². The molecule has 6 nitrogen and oxygen atoms in total. The second-order valence-electron chi connectivity index (χ2n) is 5.94. The molecule has 1 amide bonds. The van der Waals surface area contributed by atoms with E-state index in [1.807, 2.05) is 18.2 Å². The number of carbonyl (C=O) groups is 2. The van der Waals surface area contributed by atoms with E-state index in [1.54, 1.807) is 28.5 Å². The number of nitrogens with one attached hydrogen (secondary N) is 1. The van der Waals surface area contributed by atoms with Crippen molar-refractivity contribution in [1.82, 2.24) is 9.88 Å². The highest BCUT2D eigenvalue weighted by Gasteiger charge is 2.31. The molecular weight excluding hydrogens is 350 g/mol. The molecule has 1 aliphatic rings. The van der Waals surface area contributed by atoms with Gasteiger partial charge in [-0.05, 0) is 12.8 Å². The van der Waals surface area contributed by atoms with Crippen molar-refractivity contribution in [3.8, 4) is 0 Å². The van der Waals surface area contributed by atoms with Crippen molar-refractivity contribution >= 4 is 28.3 Å². The van der Waals surface area contributed by atoms with E-state index in [-0.39, 0.29) is 11.6 Å². The average Bonchev–Trinajstić information content (AvgIpc) is 3.36. The summed E-state index contributed by atoms with van der Waals surface area (Å²) in [4.78, 5) is 31.4. The molecule has 1 N–H and O–H groups in total. The van der Waals surface area contributed by atoms with Crippen LogP contribution in [0.1, 0.15) is 35.0 Å². The van der Waals surface area contributed by atoms with Gasteiger partial charge in [0, 0.05) is 30.6 Å². The number of carbonyl (C=O) groups excluding carboxylic acids is 2. The number of aromatic nitrogens is 1. The lowest BCUT2D eigenvalue weighted by Crippen LogP contribution is -2.34. The number of likely N-dealkylation sites (tertiary alicyclic amines) is 1. The van der Waals surface area contributed by atoms with Crippen LogP contribution in [0.25, 0.3) is 0 Å². The minimum absolute atomic E-state index is 0.178. The molecule has 26 heavy (non-hydrogen) atoms. The number of esters is 1. The number of hydrogen-bond donors (Lipinski definition) is 1. The van der Waals surface area contributed by atoms with E-state index in [0.29, 0.717) is 30.3 Å². The summed E-state index contributed by atoms with van der Waals surface area (Å²) in [5.74, 6) is -0.781. The van der Waals surface area contributed by atoms with Crippen LogP contribution < -0.4 is 5.32 Å². The number of rotatable bonds is 7. The van der Waals surface area contributed by atoms with Crippen molar-refractivity contribution in [2.24, 2.45) is 0 Å². The number of ether oxygens (including phenoxy) is 1. The van der Waals surface area contributed by atoms with E-state index in [2.05, 4.69) is 16.9 Å². The first-order valence-corrected chi connectivity index (χ1v) is 9.42. The maximum absolute atomic E-state index is 12.9. The van der Waals surface area contributed by atoms with Gasteiger partial charge in [0.15, 0.2) is 10.8 Å². The SMILES string of the molecule is C=CCNc1nc(C(=O)O[C@@H](C(=O)N2CCCC2)c2ccccc2)cs1. The van der Waals surface area contributed by atoms with Gasteiger partial charge in [-0.1, -0.05) is 36.4 Å². The molecule has 0 unspecified atom stereocenters. The molecule has 0 bridgehead atoms. The van der Waals surface area contributed by atoms with Crippen LogP contribution in [0.4, 0.5) is 5.13 Å². The third-order valence-corrected chi connectivity index (χ3v) is 4.88. The summed E-state index contributed by atoms with van der Waals surface area (Å²) in [5, 5.41) is 5.26. The molecule has 0 spiro atoms. The number of hydrogen-bond acceptors (Lipinski definition) is 6. The minimum atomic E-state index is -0.951. The molecule has 0 aliphatic carbocycles. The van der Waals surface area contributed by atoms with Crippen molar-refractivity contribution in [2.75, 3.05) is 25.0 Å². The Kier molecular flexibility index (Phi) is 6.01. The Morgan fingerprint density at radius 1 is 1.31 bits per heavy atom. The van der Waals surface area contributed by atoms with Gasteiger partial charge in [0.05, 0.1) is 0 Å². The van der Waals surface area contributed by atoms with Gasteiger partial charge in [-0.25, -0.2) is 9.78 Å². The highest BCUT2D eigenvalue weighted by molar-refractivity contribution is 7.13. The molecule has 1 aliphatic heterocycles. The monoisotopic (exact) mass is 371 g/mol. The highest BCUT2D eigenvalue weighted by atomic mass is 32.1. The van der Waals surface area contributed by atoms with E-state index in [1.165, 1.54) is 11.3 Å². The maximum Gasteiger partial charge on any atom is 0.359 e. The largest absolute Gasteiger partial charge is 0.443 e. The predicted octanol–water partition coefficient (Wildman–Crippen LogP) is 3.26. The van der Waals surface area contributed by atoms with Crippen molar-refractivity contribution in [3.63, 3.8) is 0 Å². The van der Waals surface area contributed by atoms with Crippen LogP contribution in [-0.4, -0.2) is 41.4 Å². The van der Waals surface area contributed by atoms with Crippen molar-refractivity contribution in [2.45, 2.75) is 18.9 Å². The minimum Gasteiger partial charge on any atom is -0.443 e. The Morgan fingerprint density at radius 2 is 2.04 bits per heavy atom. The third-order valence-electron chi connectivity index (χ3n) is 4.08. The van der Waals surface area contributed by atoms with Crippen molar-refractivity contribution in [1.29, 1.82) is 0 Å². The first-order chi connectivity index (χ1) is 12.7. The number of thiazole rings is 1. The fraction of sp³-hybridized carbons (Fsp3) is 0.316. The first kappa shape index (κ1) is 18.1. The molecule has 2 aromatic rings. The second kappa shape index (κ2) is 8.62. The number of anilines is 1. The molecular formula is C19H21N3O3S. The molecule has 1 fully saturated rings. The molecule has 3 rings (SSSR count). The lowest BCUT2D eigenvalue weighted by Gasteiger charge is -2.23. The molecule has 0 saturated carbocycles. The van der Waals surface area contributed by atoms with Crippen LogP contribution in [0.15, 0.2) is 48.4 Å². The third kappa shape index (κ3) is 4.29. The summed E-state index contributed by atoms with van der Waals surface area (Å²) in [7, 11) is 0. The first-order valence-electron chi connectivity index (χ1n) is 8.54. The van der Waals surface area contributed by atoms with Gasteiger partial charge in [-0.3, -0.25) is 4.79 Å². The van der Waals surface area contributed by atoms with E-state index < -0.39 is 12.1 Å². The van der Waals surface area contributed by atoms with Crippen molar-refractivity contribution < 1.29 is 14.3 Å². The van der Waals surface area contributed by atoms with E-state index in [4.69, 9.17) is 4.74 Å². The van der Waals surface area contributed by atoms with Crippen LogP contribution in [0.2, 0.25) is 0 Å². The Hall–Kier alpha value is -2.67. The lowest BCUT2D eigenvalue weighted by molar-refractivity contribution is -0.140. The van der Waals surface area contributed by atoms with E-state index in [0.717, 1.165) is 12.8 Å². The van der Waals surface area contributed by atoms with Gasteiger partial charge < -0.3 is 15.0 Å². The van der Waals surface area contributed by atoms with Crippen molar-refractivity contribution in [3.05, 3.63) is 59.6 Å². The molecule has 1 aromatic carbocycles. The topological polar surface area (TPSA) is 71.5 Å². The number of amides is 1. The second-order valence-corrected chi connectivity index (χ2v) is 6.79. The normalized spacial score (nSPS) is 14.7. The molecule has 2 heterocycles. The van der Waals surface area contributed by atoms with Crippen LogP contribution in [-0.2, 0) is 9.53 Å². The lowest BCUT2D eigenvalue weighted by atomic mass is 10.1. The van der Waals surface area contributed by atoms with Gasteiger partial charge in [0.25, 0.3) is 5.91 Å². The molecule has 7 heteroatoms. The summed E-state index contributed by atoms with van der Waals surface area (Å²) >= 11 is 1.31. The number of benzene rings is 1. The molecule has 1 saturated heterocycles. The Morgan fingerprint density at radius 3 is 2.73 bits per heavy atom. The van der Waals surface area contributed by atoms with Gasteiger partial charge in [0.1, 0.15) is 0 Å². The summed E-state index contributed by atoms with van der Waals surface area (Å²) in [6, 6.07) is 9.11. The van der Waals surface area contributed by atoms with E-state index in [9.17, 15) is 9.59 Å². The van der Waals surface area contributed by atoms with Crippen LogP contribution >= 0.6 is 11.3 Å². The molecule has 136 valence electrons. The van der Waals surface area contributed by atoms with E-state index >= 15 is 0 Å². The van der Waals surface area contributed by atoms with Crippen LogP contribution in [0.3, 0.4) is 0 Å². The summed E-state index contributed by atoms with van der Waals surface area (Å²) in [5.41, 5.74) is 0.856. The standard InChI is InChI=1S/C19H21N3O3S/c1-2-10-20-19-21-15(13-26-19)18(24)25-16(14-8-4-3-5-9-14)17(23)22-11-6-7-12-22/h2-5,8-9,13,16H,1,6-7,10-12H2,(H,20,21)/t16-/m1/s1. The van der Waals surface area contributed by atoms with Gasteiger partial charge in [0.2, 0.25) is 6.10 Å². The molecule has 0 radical (unpaired) electrons. The summed E-state index contributed by atoms with van der Waals surface area (Å²) in [6.07, 6.45) is 2.71. The van der Waals surface area contributed by atoms with Gasteiger partial charge >= 0.3 is 5.97 Å². The quantitative estimate of drug-likeness (QED) is 0.597. The van der Waals surface area contributed by atoms with Crippen LogP contribution in [0.5, 0.6) is 0 Å².